The van der Waals surface area contributed by atoms with E-state index in [1.165, 1.54) is 40.3 Å². The lowest BCUT2D eigenvalue weighted by Gasteiger charge is -2.35. The number of thiazole rings is 1. The Morgan fingerprint density at radius 1 is 0.987 bits per heavy atom. The van der Waals surface area contributed by atoms with Crippen LogP contribution in [0.2, 0.25) is 0 Å². The molecule has 3 aromatic carbocycles. The van der Waals surface area contributed by atoms with Gasteiger partial charge in [0.1, 0.15) is 29.3 Å². The van der Waals surface area contributed by atoms with Crippen LogP contribution in [0.3, 0.4) is 0 Å². The zero-order valence-corrected chi connectivity index (χ0v) is 45.2. The number of ether oxygens (including phenoxy) is 1. The van der Waals surface area contributed by atoms with Crippen LogP contribution in [0, 0.1) is 12.3 Å². The molecule has 3 aliphatic rings. The average Bonchev–Trinajstić information content (AvgIpc) is 3.65. The molecule has 0 radical (unpaired) electrons. The van der Waals surface area contributed by atoms with E-state index in [9.17, 15) is 53.0 Å². The zero-order valence-electron chi connectivity index (χ0n) is 44.4. The molecule has 9 N–H and O–H groups in total. The second-order valence-electron chi connectivity index (χ2n) is 21.1. The van der Waals surface area contributed by atoms with Crippen molar-refractivity contribution < 1.29 is 57.7 Å². The Morgan fingerprint density at radius 2 is 1.73 bits per heavy atom. The molecule has 4 atom stereocenters. The van der Waals surface area contributed by atoms with E-state index in [1.54, 1.807) is 38.4 Å². The summed E-state index contributed by atoms with van der Waals surface area (Å²) in [5.74, 6) is -4.67. The van der Waals surface area contributed by atoms with Crippen molar-refractivity contribution in [3.8, 4) is 21.9 Å². The van der Waals surface area contributed by atoms with Crippen LogP contribution in [0.25, 0.3) is 10.4 Å². The van der Waals surface area contributed by atoms with Crippen molar-refractivity contribution in [3.63, 3.8) is 0 Å². The number of aliphatic hydroxyl groups excluding tert-OH is 1. The molecule has 22 heteroatoms. The monoisotopic (exact) mass is 1090 g/mol. The number of carbonyl (C=O) groups is 8. The number of allylic oxidation sites excluding steroid dienone is 1. The number of nitrogens with one attached hydrogen (secondary N) is 5. The van der Waals surface area contributed by atoms with E-state index in [-0.39, 0.29) is 93.8 Å². The summed E-state index contributed by atoms with van der Waals surface area (Å²) in [6, 6.07) is 14.4. The third-order valence-electron chi connectivity index (χ3n) is 14.0. The van der Waals surface area contributed by atoms with Gasteiger partial charge in [-0.1, -0.05) is 57.2 Å². The van der Waals surface area contributed by atoms with Crippen molar-refractivity contribution in [2.75, 3.05) is 39.8 Å². The van der Waals surface area contributed by atoms with E-state index in [0.717, 1.165) is 45.8 Å². The number of phenols is 1. The summed E-state index contributed by atoms with van der Waals surface area (Å²) in [5.41, 5.74) is 8.69. The van der Waals surface area contributed by atoms with Crippen LogP contribution in [0.1, 0.15) is 115 Å². The highest BCUT2D eigenvalue weighted by molar-refractivity contribution is 7.13. The van der Waals surface area contributed by atoms with Gasteiger partial charge in [0.2, 0.25) is 17.7 Å². The predicted molar refractivity (Wildman–Crippen MR) is 287 cm³/mol. The summed E-state index contributed by atoms with van der Waals surface area (Å²) in [5, 5.41) is 35.1. The maximum Gasteiger partial charge on any atom is 0.267 e. The number of aryl methyl sites for hydroxylation is 2. The highest BCUT2D eigenvalue weighted by Crippen LogP contribution is 2.41. The Morgan fingerprint density at radius 3 is 2.44 bits per heavy atom. The Bertz CT molecular complexity index is 2970. The molecule has 1 saturated carbocycles. The Labute approximate surface area is 455 Å². The number of phenolic OH excluding ortho intramolecular Hbond substituents is 1. The van der Waals surface area contributed by atoms with E-state index in [1.807, 2.05) is 37.3 Å². The molecule has 0 spiro atoms. The van der Waals surface area contributed by atoms with Crippen LogP contribution in [-0.4, -0.2) is 136 Å². The van der Waals surface area contributed by atoms with E-state index in [4.69, 9.17) is 10.5 Å². The van der Waals surface area contributed by atoms with Gasteiger partial charge in [-0.2, -0.15) is 0 Å². The average molecular weight is 1090 g/mol. The van der Waals surface area contributed by atoms with Crippen molar-refractivity contribution in [1.82, 2.24) is 41.4 Å². The second-order valence-corrected chi connectivity index (χ2v) is 21.9. The van der Waals surface area contributed by atoms with Gasteiger partial charge in [-0.15, -0.1) is 11.3 Å². The number of aliphatic hydroxyl groups is 1. The number of hydrogen-bond donors (Lipinski definition) is 8. The van der Waals surface area contributed by atoms with Crippen LogP contribution in [0.4, 0.5) is 4.39 Å². The fourth-order valence-electron chi connectivity index (χ4n) is 9.27. The minimum Gasteiger partial charge on any atom is -0.507 e. The molecule has 7 rings (SSSR count). The van der Waals surface area contributed by atoms with Crippen molar-refractivity contribution in [2.45, 2.75) is 116 Å². The highest BCUT2D eigenvalue weighted by atomic mass is 32.1. The molecule has 20 nitrogen and oxygen atoms in total. The van der Waals surface area contributed by atoms with Crippen molar-refractivity contribution in [3.05, 3.63) is 111 Å². The highest BCUT2D eigenvalue weighted by Gasteiger charge is 2.53. The number of amides is 7. The summed E-state index contributed by atoms with van der Waals surface area (Å²) in [6.07, 6.45) is 2.62. The van der Waals surface area contributed by atoms with Crippen molar-refractivity contribution in [1.29, 1.82) is 0 Å². The van der Waals surface area contributed by atoms with Gasteiger partial charge < -0.3 is 57.1 Å². The Balaban J connectivity index is 0.828. The minimum absolute atomic E-state index is 0.0185. The van der Waals surface area contributed by atoms with Crippen molar-refractivity contribution in [2.24, 2.45) is 11.1 Å². The van der Waals surface area contributed by atoms with Gasteiger partial charge in [0.05, 0.1) is 33.8 Å². The van der Waals surface area contributed by atoms with E-state index < -0.39 is 76.2 Å². The quantitative estimate of drug-likeness (QED) is 0.0298. The number of aromatic nitrogens is 1. The number of β-amino-alcohol motifs (C(OH)–C–C–N with tert-alkyl or cyclic N) is 1. The van der Waals surface area contributed by atoms with Gasteiger partial charge in [0.25, 0.3) is 23.6 Å². The molecule has 416 valence electrons. The molecule has 0 bridgehead atoms. The molecule has 2 heterocycles. The maximum absolute atomic E-state index is 14.7. The van der Waals surface area contributed by atoms with E-state index >= 15 is 0 Å². The summed E-state index contributed by atoms with van der Waals surface area (Å²) in [4.78, 5) is 113. The van der Waals surface area contributed by atoms with Gasteiger partial charge in [-0.05, 0) is 91.8 Å². The standard InChI is InChI=1S/C56H68FN9O11S/c1-32-48(78-31-62-32)35-13-14-36(28-61-51(73)42-26-37(67)29-66(42)53(75)49(55(2,3)4)64-54(76)56(57)19-20-56)45(25-35)77-30-47(71)59-21-9-8-12-46(70)60-22-23-65(5)52(74)39-17-15-34(24-44(39)69)43(68)27-40(58)50(72)63-41-18-16-33-10-6-7-11-38(33)41/h6-7,10-11,13-15,17,24-25,27,31,37,41-42,49,67,69H,8-9,12,16,18-23,26,28-30,58H2,1-5H3,(H,59,71)(H,60,70)(H,61,73)(H,63,72)(H,64,76)/b40-27-/t37-,41?,42+,49?/m1/s1. The number of likely N-dealkylation sites (tertiary alicyclic amines) is 1. The SMILES string of the molecule is Cc1ncsc1-c1ccc(CNC(=O)[C@@H]2C[C@@H](O)CN2C(=O)C(NC(=O)C2(F)CC2)C(C)(C)C)c(OCC(=O)NCCCCC(=O)NCCN(C)C(=O)c2ccc(C(=O)/C=C(\N)C(=O)NC3CCc4ccccc43)cc2O)c1. The topological polar surface area (TPSA) is 292 Å². The lowest BCUT2D eigenvalue weighted by Crippen LogP contribution is -2.59. The number of alkyl halides is 1. The smallest absolute Gasteiger partial charge is 0.267 e. The van der Waals surface area contributed by atoms with E-state index in [0.29, 0.717) is 30.6 Å². The number of hydrogen-bond acceptors (Lipinski definition) is 14. The molecule has 1 aromatic heterocycles. The Kier molecular flexibility index (Phi) is 18.7. The Hall–Kier alpha value is -7.72. The van der Waals surface area contributed by atoms with Gasteiger partial charge >= 0.3 is 0 Å². The number of fused-ring (bicyclic) bond motifs is 1. The number of carbonyl (C=O) groups excluding carboxylic acids is 8. The number of likely N-dealkylation sites (N-methyl/N-ethyl adjacent to an activating group) is 1. The van der Waals surface area contributed by atoms with Crippen molar-refractivity contribution >= 4 is 58.5 Å². The summed E-state index contributed by atoms with van der Waals surface area (Å²) >= 11 is 1.42. The number of nitrogens with two attached hydrogens (primary N) is 1. The fourth-order valence-corrected chi connectivity index (χ4v) is 10.1. The normalized spacial score (nSPS) is 17.8. The number of unbranched alkanes of at least 4 members (excludes halogenated alkanes) is 1. The van der Waals surface area contributed by atoms with Crippen LogP contribution in [-0.2, 0) is 41.7 Å². The number of rotatable bonds is 23. The van der Waals surface area contributed by atoms with Gasteiger partial charge in [0.15, 0.2) is 18.1 Å². The molecule has 7 amide bonds. The first-order valence-corrected chi connectivity index (χ1v) is 26.8. The summed E-state index contributed by atoms with van der Waals surface area (Å²) < 4.78 is 20.7. The first-order valence-electron chi connectivity index (χ1n) is 26.0. The molecule has 78 heavy (non-hydrogen) atoms. The van der Waals surface area contributed by atoms with E-state index in [2.05, 4.69) is 31.6 Å². The third kappa shape index (κ3) is 14.6. The summed E-state index contributed by atoms with van der Waals surface area (Å²) in [6.45, 7) is 6.89. The lowest BCUT2D eigenvalue weighted by molar-refractivity contribution is -0.145. The number of nitrogens with zero attached hydrogens (tertiary/aromatic N) is 3. The summed E-state index contributed by atoms with van der Waals surface area (Å²) in [7, 11) is 1.50. The number of aromatic hydroxyl groups is 1. The first kappa shape index (κ1) is 58.0. The van der Waals surface area contributed by atoms with Gasteiger partial charge in [-0.3, -0.25) is 38.4 Å². The van der Waals surface area contributed by atoms with Crippen LogP contribution in [0.15, 0.2) is 77.9 Å². The lowest BCUT2D eigenvalue weighted by atomic mass is 9.85. The molecule has 4 aromatic rings. The third-order valence-corrected chi connectivity index (χ3v) is 15.0. The molecule has 2 fully saturated rings. The van der Waals surface area contributed by atoms with Gasteiger partial charge in [0, 0.05) is 69.8 Å². The first-order chi connectivity index (χ1) is 37.0. The molecule has 2 unspecified atom stereocenters. The second kappa shape index (κ2) is 25.2. The number of benzene rings is 3. The predicted octanol–water partition coefficient (Wildman–Crippen LogP) is 3.82. The number of halogens is 1. The molecule has 2 aliphatic carbocycles. The zero-order chi connectivity index (χ0) is 56.5. The van der Waals surface area contributed by atoms with Crippen LogP contribution >= 0.6 is 11.3 Å². The van der Waals surface area contributed by atoms with Crippen LogP contribution < -0.4 is 37.1 Å². The minimum atomic E-state index is -2.02. The molecular weight excluding hydrogens is 1030 g/mol. The number of ketones is 1. The van der Waals surface area contributed by atoms with Gasteiger partial charge in [-0.25, -0.2) is 9.37 Å². The fraction of sp³-hybridized carbons (Fsp3) is 0.446. The maximum atomic E-state index is 14.7. The largest absolute Gasteiger partial charge is 0.507 e. The molecular formula is C56H68FN9O11S. The molecule has 1 aliphatic heterocycles. The molecule has 1 saturated heterocycles. The van der Waals surface area contributed by atoms with Crippen LogP contribution in [0.5, 0.6) is 11.5 Å².